The monoisotopic (exact) mass is 346 g/mol. The maximum absolute atomic E-state index is 11.9. The molecule has 0 spiro atoms. The smallest absolute Gasteiger partial charge is 0.328 e. The summed E-state index contributed by atoms with van der Waals surface area (Å²) in [7, 11) is -4.84. The van der Waals surface area contributed by atoms with E-state index in [1.165, 1.54) is 0 Å². The van der Waals surface area contributed by atoms with Crippen LogP contribution in [-0.2, 0) is 38.9 Å². The number of hydroxylamine groups is 2. The first-order chi connectivity index (χ1) is 10.5. The van der Waals surface area contributed by atoms with Crippen molar-refractivity contribution in [1.82, 2.24) is 9.96 Å². The van der Waals surface area contributed by atoms with Crippen molar-refractivity contribution in [3.8, 4) is 0 Å². The van der Waals surface area contributed by atoms with Crippen LogP contribution >= 0.6 is 0 Å². The Kier molecular flexibility index (Phi) is 4.05. The number of carbonyl (C=O) groups is 5. The predicted molar refractivity (Wildman–Crippen MR) is 68.4 cm³/mol. The molecule has 12 heteroatoms. The zero-order chi connectivity index (χ0) is 17.5. The van der Waals surface area contributed by atoms with Crippen LogP contribution in [0.2, 0.25) is 0 Å². The lowest BCUT2D eigenvalue weighted by molar-refractivity contribution is -0.200. The van der Waals surface area contributed by atoms with Gasteiger partial charge in [0, 0.05) is 12.2 Å². The molecule has 0 saturated carbocycles. The standard InChI is InChI=1S/C11H10N2O9S/c1-5(12-7(14)2-3-8(12)15)11(18)22-13-9(16)4-6(10(13)17)23(19,20)21/h2-3,5-6H,4H2,1H3,(H,19,20,21). The second-order valence-electron chi connectivity index (χ2n) is 4.70. The summed E-state index contributed by atoms with van der Waals surface area (Å²) in [4.78, 5) is 63.0. The number of hydrogen-bond acceptors (Lipinski definition) is 8. The van der Waals surface area contributed by atoms with Crippen molar-refractivity contribution in [2.24, 2.45) is 0 Å². The van der Waals surface area contributed by atoms with Crippen LogP contribution in [0.3, 0.4) is 0 Å². The lowest BCUT2D eigenvalue weighted by Gasteiger charge is -2.22. The predicted octanol–water partition coefficient (Wildman–Crippen LogP) is -2.23. The molecule has 2 rings (SSSR count). The van der Waals surface area contributed by atoms with Gasteiger partial charge >= 0.3 is 5.97 Å². The van der Waals surface area contributed by atoms with Crippen molar-refractivity contribution in [2.75, 3.05) is 0 Å². The van der Waals surface area contributed by atoms with Gasteiger partial charge in [0.2, 0.25) is 0 Å². The number of carbonyl (C=O) groups excluding carboxylic acids is 5. The summed E-state index contributed by atoms with van der Waals surface area (Å²) in [6, 6.07) is -1.45. The number of amides is 4. The van der Waals surface area contributed by atoms with E-state index in [2.05, 4.69) is 4.84 Å². The van der Waals surface area contributed by atoms with Crippen LogP contribution in [0.1, 0.15) is 13.3 Å². The average molecular weight is 346 g/mol. The molecule has 0 aliphatic carbocycles. The van der Waals surface area contributed by atoms with Gasteiger partial charge in [-0.25, -0.2) is 4.79 Å². The summed E-state index contributed by atoms with van der Waals surface area (Å²) in [6.07, 6.45) is 0.960. The first-order valence-electron chi connectivity index (χ1n) is 6.14. The Morgan fingerprint density at radius 1 is 1.26 bits per heavy atom. The molecule has 11 nitrogen and oxygen atoms in total. The lowest BCUT2D eigenvalue weighted by Crippen LogP contribution is -2.47. The summed E-state index contributed by atoms with van der Waals surface area (Å²) < 4.78 is 30.8. The highest BCUT2D eigenvalue weighted by molar-refractivity contribution is 7.87. The second kappa shape index (κ2) is 5.55. The maximum atomic E-state index is 11.9. The molecule has 2 aliphatic heterocycles. The van der Waals surface area contributed by atoms with E-state index in [1.807, 2.05) is 0 Å². The molecule has 2 unspecified atom stereocenters. The third kappa shape index (κ3) is 2.98. The highest BCUT2D eigenvalue weighted by Gasteiger charge is 2.49. The zero-order valence-electron chi connectivity index (χ0n) is 11.5. The van der Waals surface area contributed by atoms with Gasteiger partial charge in [-0.15, -0.1) is 5.06 Å². The third-order valence-electron chi connectivity index (χ3n) is 3.17. The summed E-state index contributed by atoms with van der Waals surface area (Å²) in [6.45, 7) is 1.12. The van der Waals surface area contributed by atoms with Gasteiger partial charge in [0.1, 0.15) is 6.04 Å². The van der Waals surface area contributed by atoms with Gasteiger partial charge in [0.25, 0.3) is 33.7 Å². The number of imide groups is 2. The molecular weight excluding hydrogens is 336 g/mol. The van der Waals surface area contributed by atoms with Crippen LogP contribution in [-0.4, -0.2) is 63.8 Å². The molecule has 0 bridgehead atoms. The Morgan fingerprint density at radius 2 is 1.78 bits per heavy atom. The molecule has 0 aromatic carbocycles. The van der Waals surface area contributed by atoms with Crippen molar-refractivity contribution in [2.45, 2.75) is 24.6 Å². The SMILES string of the molecule is CC(C(=O)ON1C(=O)CC(S(=O)(=O)O)C1=O)N1C(=O)C=CC1=O. The minimum Gasteiger partial charge on any atom is -0.328 e. The van der Waals surface area contributed by atoms with E-state index >= 15 is 0 Å². The van der Waals surface area contributed by atoms with Crippen LogP contribution < -0.4 is 0 Å². The number of rotatable bonds is 4. The van der Waals surface area contributed by atoms with Crippen molar-refractivity contribution >= 4 is 39.7 Å². The molecular formula is C11H10N2O9S. The van der Waals surface area contributed by atoms with Crippen LogP contribution in [0.15, 0.2) is 12.2 Å². The Balaban J connectivity index is 2.11. The van der Waals surface area contributed by atoms with Crippen molar-refractivity contribution < 1.29 is 41.8 Å². The molecule has 0 aromatic rings. The fourth-order valence-corrected chi connectivity index (χ4v) is 2.68. The molecule has 2 aliphatic rings. The molecule has 2 atom stereocenters. The van der Waals surface area contributed by atoms with Crippen LogP contribution in [0.4, 0.5) is 0 Å². The fraction of sp³-hybridized carbons (Fsp3) is 0.364. The topological polar surface area (TPSA) is 155 Å². The fourth-order valence-electron chi connectivity index (χ4n) is 1.98. The number of nitrogens with zero attached hydrogens (tertiary/aromatic N) is 2. The molecule has 124 valence electrons. The van der Waals surface area contributed by atoms with E-state index in [9.17, 15) is 32.4 Å². The normalized spacial score (nSPS) is 23.0. The molecule has 2 heterocycles. The third-order valence-corrected chi connectivity index (χ3v) is 4.26. The van der Waals surface area contributed by atoms with E-state index in [0.29, 0.717) is 4.90 Å². The molecule has 0 radical (unpaired) electrons. The quantitative estimate of drug-likeness (QED) is 0.440. The Morgan fingerprint density at radius 3 is 2.22 bits per heavy atom. The minimum absolute atomic E-state index is 0.101. The molecule has 1 fully saturated rings. The second-order valence-corrected chi connectivity index (χ2v) is 6.30. The lowest BCUT2D eigenvalue weighted by atomic mass is 10.3. The maximum Gasteiger partial charge on any atom is 0.355 e. The summed E-state index contributed by atoms with van der Waals surface area (Å²) >= 11 is 0. The van der Waals surface area contributed by atoms with Gasteiger partial charge in [-0.1, -0.05) is 0 Å². The van der Waals surface area contributed by atoms with E-state index in [0.717, 1.165) is 19.1 Å². The Labute approximate surface area is 129 Å². The summed E-state index contributed by atoms with van der Waals surface area (Å²) in [5.74, 6) is -5.46. The first kappa shape index (κ1) is 16.8. The molecule has 1 N–H and O–H groups in total. The molecule has 0 aromatic heterocycles. The van der Waals surface area contributed by atoms with Gasteiger partial charge in [-0.05, 0) is 6.92 Å². The first-order valence-corrected chi connectivity index (χ1v) is 7.64. The van der Waals surface area contributed by atoms with Gasteiger partial charge < -0.3 is 4.84 Å². The van der Waals surface area contributed by atoms with Gasteiger partial charge in [-0.3, -0.25) is 28.6 Å². The van der Waals surface area contributed by atoms with Crippen molar-refractivity contribution in [3.63, 3.8) is 0 Å². The highest BCUT2D eigenvalue weighted by Crippen LogP contribution is 2.21. The molecule has 4 amide bonds. The largest absolute Gasteiger partial charge is 0.355 e. The van der Waals surface area contributed by atoms with E-state index in [1.54, 1.807) is 0 Å². The van der Waals surface area contributed by atoms with Gasteiger partial charge in [0.15, 0.2) is 5.25 Å². The Hall–Kier alpha value is -2.60. The van der Waals surface area contributed by atoms with Crippen LogP contribution in [0.25, 0.3) is 0 Å². The zero-order valence-corrected chi connectivity index (χ0v) is 12.3. The Bertz CT molecular complexity index is 735. The minimum atomic E-state index is -4.84. The van der Waals surface area contributed by atoms with Crippen molar-refractivity contribution in [3.05, 3.63) is 12.2 Å². The van der Waals surface area contributed by atoms with E-state index in [-0.39, 0.29) is 5.06 Å². The van der Waals surface area contributed by atoms with Gasteiger partial charge in [0.05, 0.1) is 6.42 Å². The number of hydrogen-bond donors (Lipinski definition) is 1. The average Bonchev–Trinajstić information content (AvgIpc) is 2.91. The highest BCUT2D eigenvalue weighted by atomic mass is 32.2. The van der Waals surface area contributed by atoms with Crippen molar-refractivity contribution in [1.29, 1.82) is 0 Å². The van der Waals surface area contributed by atoms with Crippen LogP contribution in [0.5, 0.6) is 0 Å². The van der Waals surface area contributed by atoms with E-state index < -0.39 is 57.4 Å². The van der Waals surface area contributed by atoms with Gasteiger partial charge in [-0.2, -0.15) is 8.42 Å². The molecule has 23 heavy (non-hydrogen) atoms. The molecule has 1 saturated heterocycles. The van der Waals surface area contributed by atoms with E-state index in [4.69, 9.17) is 4.55 Å². The summed E-state index contributed by atoms with van der Waals surface area (Å²) in [5.41, 5.74) is 0. The summed E-state index contributed by atoms with van der Waals surface area (Å²) in [5, 5.41) is -2.16. The van der Waals surface area contributed by atoms with Crippen LogP contribution in [0, 0.1) is 0 Å².